The number of nitrogens with one attached hydrogen (secondary N) is 2. The number of aromatic amines is 1. The number of H-pyrrole nitrogens is 1. The third kappa shape index (κ3) is 4.12. The summed E-state index contributed by atoms with van der Waals surface area (Å²) in [5.74, 6) is -1.08. The van der Waals surface area contributed by atoms with Crippen LogP contribution in [0.4, 0.5) is 18.9 Å². The molecule has 0 saturated carbocycles. The van der Waals surface area contributed by atoms with Gasteiger partial charge in [0.15, 0.2) is 0 Å². The molecule has 1 amide bonds. The topological polar surface area (TPSA) is 78.1 Å². The molecule has 0 unspecified atom stereocenters. The van der Waals surface area contributed by atoms with Crippen LogP contribution in [0.5, 0.6) is 0 Å². The largest absolute Gasteiger partial charge is 0.405 e. The van der Waals surface area contributed by atoms with Crippen LogP contribution in [0.25, 0.3) is 0 Å². The van der Waals surface area contributed by atoms with Crippen molar-refractivity contribution >= 4 is 23.2 Å². The summed E-state index contributed by atoms with van der Waals surface area (Å²) in [4.78, 5) is 24.9. The molecular formula is C12H14ClF3N4O2. The fourth-order valence-corrected chi connectivity index (χ4v) is 2.52. The molecule has 1 fully saturated rings. The first-order valence-electron chi connectivity index (χ1n) is 6.60. The Balaban J connectivity index is 1.92. The minimum atomic E-state index is -4.42. The highest BCUT2D eigenvalue weighted by Gasteiger charge is 2.31. The van der Waals surface area contributed by atoms with E-state index >= 15 is 0 Å². The number of halogens is 4. The molecule has 1 saturated heterocycles. The molecule has 122 valence electrons. The highest BCUT2D eigenvalue weighted by atomic mass is 35.5. The van der Waals surface area contributed by atoms with Crippen molar-refractivity contribution in [3.05, 3.63) is 21.6 Å². The summed E-state index contributed by atoms with van der Waals surface area (Å²) in [6.07, 6.45) is -2.24. The Labute approximate surface area is 128 Å². The van der Waals surface area contributed by atoms with E-state index in [1.807, 2.05) is 5.32 Å². The van der Waals surface area contributed by atoms with Gasteiger partial charge in [-0.2, -0.15) is 18.3 Å². The molecule has 1 aromatic heterocycles. The maximum atomic E-state index is 12.1. The summed E-state index contributed by atoms with van der Waals surface area (Å²) in [5.41, 5.74) is -0.0521. The third-order valence-corrected chi connectivity index (χ3v) is 3.81. The predicted molar refractivity (Wildman–Crippen MR) is 73.9 cm³/mol. The first-order chi connectivity index (χ1) is 10.3. The second kappa shape index (κ2) is 6.55. The number of hydrogen-bond acceptors (Lipinski definition) is 4. The van der Waals surface area contributed by atoms with Crippen LogP contribution in [0.2, 0.25) is 5.02 Å². The minimum absolute atomic E-state index is 0.00923. The summed E-state index contributed by atoms with van der Waals surface area (Å²) < 4.78 is 36.2. The van der Waals surface area contributed by atoms with Crippen LogP contribution in [0.1, 0.15) is 12.8 Å². The predicted octanol–water partition coefficient (Wildman–Crippen LogP) is 1.32. The summed E-state index contributed by atoms with van der Waals surface area (Å²) >= 11 is 5.90. The molecular weight excluding hydrogens is 325 g/mol. The van der Waals surface area contributed by atoms with Gasteiger partial charge in [0.05, 0.1) is 11.9 Å². The molecule has 0 bridgehead atoms. The van der Waals surface area contributed by atoms with Crippen LogP contribution < -0.4 is 15.8 Å². The molecule has 1 aliphatic heterocycles. The van der Waals surface area contributed by atoms with E-state index in [-0.39, 0.29) is 5.02 Å². The molecule has 0 spiro atoms. The molecule has 0 atom stereocenters. The third-order valence-electron chi connectivity index (χ3n) is 3.45. The normalized spacial score (nSPS) is 16.6. The fourth-order valence-electron chi connectivity index (χ4n) is 2.31. The van der Waals surface area contributed by atoms with E-state index < -0.39 is 30.1 Å². The maximum absolute atomic E-state index is 12.1. The standard InChI is InChI=1S/C12H14ClF3N4O2/c13-9-8(5-18-19-11(9)22)20-3-1-7(2-4-20)10(21)17-6-12(14,15)16/h5,7H,1-4,6H2,(H,17,21)(H,19,22). The Morgan fingerprint density at radius 1 is 1.45 bits per heavy atom. The molecule has 2 heterocycles. The van der Waals surface area contributed by atoms with Crippen LogP contribution in [0, 0.1) is 5.92 Å². The van der Waals surface area contributed by atoms with Crippen molar-refractivity contribution in [2.45, 2.75) is 19.0 Å². The lowest BCUT2D eigenvalue weighted by Gasteiger charge is -2.33. The van der Waals surface area contributed by atoms with Crippen molar-refractivity contribution < 1.29 is 18.0 Å². The fraction of sp³-hybridized carbons (Fsp3) is 0.583. The van der Waals surface area contributed by atoms with E-state index in [4.69, 9.17) is 11.6 Å². The number of piperidine rings is 1. The Hall–Kier alpha value is -1.77. The lowest BCUT2D eigenvalue weighted by Crippen LogP contribution is -2.43. The summed E-state index contributed by atoms with van der Waals surface area (Å²) in [7, 11) is 0. The number of alkyl halides is 3. The number of rotatable bonds is 3. The molecule has 10 heteroatoms. The summed E-state index contributed by atoms with van der Waals surface area (Å²) in [6.45, 7) is -0.500. The van der Waals surface area contributed by atoms with Gasteiger partial charge in [0.25, 0.3) is 5.56 Å². The van der Waals surface area contributed by atoms with E-state index in [0.29, 0.717) is 31.6 Å². The van der Waals surface area contributed by atoms with Crippen LogP contribution in [0.3, 0.4) is 0 Å². The van der Waals surface area contributed by atoms with Crippen molar-refractivity contribution in [3.63, 3.8) is 0 Å². The number of hydrogen-bond donors (Lipinski definition) is 2. The van der Waals surface area contributed by atoms with Gasteiger partial charge in [-0.1, -0.05) is 11.6 Å². The molecule has 0 aromatic carbocycles. The van der Waals surface area contributed by atoms with Gasteiger partial charge in [0.1, 0.15) is 11.6 Å². The minimum Gasteiger partial charge on any atom is -0.369 e. The first-order valence-corrected chi connectivity index (χ1v) is 6.98. The quantitative estimate of drug-likeness (QED) is 0.871. The average Bonchev–Trinajstić information content (AvgIpc) is 2.47. The summed E-state index contributed by atoms with van der Waals surface area (Å²) in [6, 6.07) is 0. The molecule has 1 aromatic rings. The Morgan fingerprint density at radius 2 is 2.09 bits per heavy atom. The number of anilines is 1. The van der Waals surface area contributed by atoms with Crippen molar-refractivity contribution in [1.29, 1.82) is 0 Å². The van der Waals surface area contributed by atoms with Gasteiger partial charge in [0, 0.05) is 19.0 Å². The highest BCUT2D eigenvalue weighted by Crippen LogP contribution is 2.26. The number of carbonyl (C=O) groups excluding carboxylic acids is 1. The smallest absolute Gasteiger partial charge is 0.369 e. The van der Waals surface area contributed by atoms with E-state index in [1.54, 1.807) is 4.90 Å². The average molecular weight is 339 g/mol. The second-order valence-electron chi connectivity index (χ2n) is 4.99. The van der Waals surface area contributed by atoms with E-state index in [9.17, 15) is 22.8 Å². The molecule has 0 radical (unpaired) electrons. The van der Waals surface area contributed by atoms with Crippen LogP contribution in [-0.4, -0.2) is 41.9 Å². The molecule has 0 aliphatic carbocycles. The Morgan fingerprint density at radius 3 is 2.68 bits per heavy atom. The zero-order valence-electron chi connectivity index (χ0n) is 11.4. The molecule has 22 heavy (non-hydrogen) atoms. The molecule has 2 rings (SSSR count). The van der Waals surface area contributed by atoms with Gasteiger partial charge in [-0.05, 0) is 12.8 Å². The Bertz CT molecular complexity index is 597. The Kier molecular flexibility index (Phi) is 4.94. The van der Waals surface area contributed by atoms with E-state index in [0.717, 1.165) is 0 Å². The van der Waals surface area contributed by atoms with Crippen LogP contribution in [-0.2, 0) is 4.79 Å². The van der Waals surface area contributed by atoms with Crippen molar-refractivity contribution in [3.8, 4) is 0 Å². The number of carbonyl (C=O) groups is 1. The second-order valence-corrected chi connectivity index (χ2v) is 5.37. The monoisotopic (exact) mass is 338 g/mol. The number of nitrogens with zero attached hydrogens (tertiary/aromatic N) is 2. The zero-order chi connectivity index (χ0) is 16.3. The SMILES string of the molecule is O=C(NCC(F)(F)F)C1CCN(c2cn[nH]c(=O)c2Cl)CC1. The molecule has 2 N–H and O–H groups in total. The zero-order valence-corrected chi connectivity index (χ0v) is 12.2. The van der Waals surface area contributed by atoms with E-state index in [1.165, 1.54) is 6.20 Å². The number of aromatic nitrogens is 2. The van der Waals surface area contributed by atoms with Crippen molar-refractivity contribution in [2.75, 3.05) is 24.5 Å². The van der Waals surface area contributed by atoms with Gasteiger partial charge >= 0.3 is 6.18 Å². The van der Waals surface area contributed by atoms with Gasteiger partial charge in [0.2, 0.25) is 5.91 Å². The number of amides is 1. The lowest BCUT2D eigenvalue weighted by atomic mass is 9.95. The first kappa shape index (κ1) is 16.6. The van der Waals surface area contributed by atoms with Crippen LogP contribution >= 0.6 is 11.6 Å². The van der Waals surface area contributed by atoms with Crippen molar-refractivity contribution in [2.24, 2.45) is 5.92 Å². The summed E-state index contributed by atoms with van der Waals surface area (Å²) in [5, 5.41) is 7.77. The van der Waals surface area contributed by atoms with E-state index in [2.05, 4.69) is 10.2 Å². The molecule has 6 nitrogen and oxygen atoms in total. The van der Waals surface area contributed by atoms with Gasteiger partial charge in [-0.15, -0.1) is 0 Å². The maximum Gasteiger partial charge on any atom is 0.405 e. The van der Waals surface area contributed by atoms with Crippen LogP contribution in [0.15, 0.2) is 11.0 Å². The highest BCUT2D eigenvalue weighted by molar-refractivity contribution is 6.33. The van der Waals surface area contributed by atoms with Gasteiger partial charge in [-0.3, -0.25) is 9.59 Å². The van der Waals surface area contributed by atoms with Gasteiger partial charge < -0.3 is 10.2 Å². The van der Waals surface area contributed by atoms with Crippen molar-refractivity contribution in [1.82, 2.24) is 15.5 Å². The molecule has 1 aliphatic rings. The van der Waals surface area contributed by atoms with Gasteiger partial charge in [-0.25, -0.2) is 5.10 Å². The lowest BCUT2D eigenvalue weighted by molar-refractivity contribution is -0.141.